The lowest BCUT2D eigenvalue weighted by Gasteiger charge is -2.03. The van der Waals surface area contributed by atoms with Gasteiger partial charge in [-0.15, -0.1) is 0 Å². The molecule has 0 unspecified atom stereocenters. The smallest absolute Gasteiger partial charge is 0.161 e. The molecule has 5 heterocycles. The number of aromatic nitrogens is 7. The Morgan fingerprint density at radius 3 is 2.69 bits per heavy atom. The Morgan fingerprint density at radius 2 is 1.81 bits per heavy atom. The van der Waals surface area contributed by atoms with Gasteiger partial charge >= 0.3 is 0 Å². The van der Waals surface area contributed by atoms with Gasteiger partial charge in [-0.25, -0.2) is 9.97 Å². The molecule has 0 aliphatic carbocycles. The molecule has 0 aliphatic rings. The Morgan fingerprint density at radius 1 is 0.844 bits per heavy atom. The third-order valence-electron chi connectivity index (χ3n) is 5.33. The van der Waals surface area contributed by atoms with Gasteiger partial charge in [0.15, 0.2) is 11.5 Å². The molecule has 0 saturated carbocycles. The van der Waals surface area contributed by atoms with Gasteiger partial charge < -0.3 is 9.72 Å². The van der Waals surface area contributed by atoms with Gasteiger partial charge in [0.05, 0.1) is 41.2 Å². The summed E-state index contributed by atoms with van der Waals surface area (Å²) in [5.74, 6) is 1.32. The standard InChI is InChI=1S/C24H17N7O/c1-32-15-11-14(12-25-13-15)17-8-9-20-22(27-17)23(31-30-20)24-28-19-7-4-5-16(21(19)29-24)18-6-2-3-10-26-18/h2-13H,1H3,(H,28,29)(H,30,31). The normalized spacial score (nSPS) is 11.3. The molecule has 0 spiro atoms. The Labute approximate surface area is 182 Å². The highest BCUT2D eigenvalue weighted by molar-refractivity contribution is 5.95. The summed E-state index contributed by atoms with van der Waals surface area (Å²) in [6.07, 6.45) is 5.21. The lowest BCUT2D eigenvalue weighted by molar-refractivity contribution is 0.413. The maximum absolute atomic E-state index is 5.29. The summed E-state index contributed by atoms with van der Waals surface area (Å²) in [7, 11) is 1.62. The summed E-state index contributed by atoms with van der Waals surface area (Å²) >= 11 is 0. The van der Waals surface area contributed by atoms with Crippen LogP contribution in [0.25, 0.3) is 56.1 Å². The Kier molecular flexibility index (Phi) is 4.14. The van der Waals surface area contributed by atoms with Crippen LogP contribution in [-0.2, 0) is 0 Å². The number of para-hydroxylation sites is 1. The second-order valence-electron chi connectivity index (χ2n) is 7.28. The van der Waals surface area contributed by atoms with Crippen LogP contribution in [0.3, 0.4) is 0 Å². The van der Waals surface area contributed by atoms with E-state index in [9.17, 15) is 0 Å². The second kappa shape index (κ2) is 7.28. The molecule has 0 radical (unpaired) electrons. The molecule has 0 bridgehead atoms. The van der Waals surface area contributed by atoms with E-state index in [0.717, 1.165) is 44.6 Å². The van der Waals surface area contributed by atoms with Crippen LogP contribution in [0, 0.1) is 0 Å². The molecule has 0 atom stereocenters. The minimum atomic E-state index is 0.642. The van der Waals surface area contributed by atoms with Crippen LogP contribution in [0.2, 0.25) is 0 Å². The zero-order chi connectivity index (χ0) is 21.5. The van der Waals surface area contributed by atoms with E-state index in [4.69, 9.17) is 14.7 Å². The molecular weight excluding hydrogens is 402 g/mol. The highest BCUT2D eigenvalue weighted by Crippen LogP contribution is 2.31. The number of benzene rings is 1. The van der Waals surface area contributed by atoms with Crippen LogP contribution in [-0.4, -0.2) is 42.2 Å². The van der Waals surface area contributed by atoms with E-state index < -0.39 is 0 Å². The minimum Gasteiger partial charge on any atom is -0.495 e. The fourth-order valence-corrected chi connectivity index (χ4v) is 3.77. The van der Waals surface area contributed by atoms with Gasteiger partial charge in [-0.1, -0.05) is 18.2 Å². The number of methoxy groups -OCH3 is 1. The number of H-pyrrole nitrogens is 2. The molecule has 8 heteroatoms. The van der Waals surface area contributed by atoms with Crippen molar-refractivity contribution in [1.82, 2.24) is 35.1 Å². The van der Waals surface area contributed by atoms with Gasteiger partial charge in [0.2, 0.25) is 0 Å². The van der Waals surface area contributed by atoms with Gasteiger partial charge in [0, 0.05) is 23.5 Å². The lowest BCUT2D eigenvalue weighted by Crippen LogP contribution is -1.89. The van der Waals surface area contributed by atoms with Gasteiger partial charge in [0.25, 0.3) is 0 Å². The van der Waals surface area contributed by atoms with Crippen LogP contribution in [0.1, 0.15) is 0 Å². The summed E-state index contributed by atoms with van der Waals surface area (Å²) < 4.78 is 5.29. The molecule has 2 N–H and O–H groups in total. The first-order valence-electron chi connectivity index (χ1n) is 10.1. The van der Waals surface area contributed by atoms with Gasteiger partial charge in [-0.2, -0.15) is 5.10 Å². The average Bonchev–Trinajstić information content (AvgIpc) is 3.48. The number of fused-ring (bicyclic) bond motifs is 2. The molecule has 1 aromatic carbocycles. The highest BCUT2D eigenvalue weighted by atomic mass is 16.5. The number of hydrogen-bond acceptors (Lipinski definition) is 6. The van der Waals surface area contributed by atoms with Crippen LogP contribution in [0.15, 0.2) is 73.2 Å². The van der Waals surface area contributed by atoms with Gasteiger partial charge in [0.1, 0.15) is 11.3 Å². The number of aromatic amines is 2. The highest BCUT2D eigenvalue weighted by Gasteiger charge is 2.17. The van der Waals surface area contributed by atoms with Crippen molar-refractivity contribution in [1.29, 1.82) is 0 Å². The molecule has 0 amide bonds. The first kappa shape index (κ1) is 18.2. The number of nitrogens with zero attached hydrogens (tertiary/aromatic N) is 5. The molecule has 32 heavy (non-hydrogen) atoms. The monoisotopic (exact) mass is 419 g/mol. The molecule has 5 aromatic heterocycles. The van der Waals surface area contributed by atoms with E-state index in [0.29, 0.717) is 17.3 Å². The molecule has 6 aromatic rings. The molecule has 154 valence electrons. The van der Waals surface area contributed by atoms with Crippen molar-refractivity contribution in [2.24, 2.45) is 0 Å². The maximum Gasteiger partial charge on any atom is 0.161 e. The first-order valence-corrected chi connectivity index (χ1v) is 10.1. The van der Waals surface area contributed by atoms with Crippen molar-refractivity contribution >= 4 is 22.1 Å². The summed E-state index contributed by atoms with van der Waals surface area (Å²) in [6, 6.07) is 17.6. The van der Waals surface area contributed by atoms with Crippen molar-refractivity contribution in [2.75, 3.05) is 7.11 Å². The average molecular weight is 419 g/mol. The van der Waals surface area contributed by atoms with E-state index in [2.05, 4.69) is 25.1 Å². The van der Waals surface area contributed by atoms with Crippen molar-refractivity contribution in [3.63, 3.8) is 0 Å². The fraction of sp³-hybridized carbons (Fsp3) is 0.0417. The predicted octanol–water partition coefficient (Wildman–Crippen LogP) is 4.63. The number of rotatable bonds is 4. The first-order chi connectivity index (χ1) is 15.8. The summed E-state index contributed by atoms with van der Waals surface area (Å²) in [4.78, 5) is 21.8. The largest absolute Gasteiger partial charge is 0.495 e. The lowest BCUT2D eigenvalue weighted by atomic mass is 10.1. The third-order valence-corrected chi connectivity index (χ3v) is 5.33. The Balaban J connectivity index is 1.50. The van der Waals surface area contributed by atoms with Crippen molar-refractivity contribution in [3.8, 4) is 39.8 Å². The van der Waals surface area contributed by atoms with E-state index in [1.165, 1.54) is 0 Å². The number of nitrogens with one attached hydrogen (secondary N) is 2. The number of pyridine rings is 3. The molecular formula is C24H17N7O. The zero-order valence-corrected chi connectivity index (χ0v) is 17.1. The third kappa shape index (κ3) is 2.97. The zero-order valence-electron chi connectivity index (χ0n) is 17.1. The molecule has 0 fully saturated rings. The predicted molar refractivity (Wildman–Crippen MR) is 122 cm³/mol. The SMILES string of the molecule is COc1cncc(-c2ccc3[nH]nc(-c4nc5c(-c6ccccn6)cccc5[nH]4)c3n2)c1. The van der Waals surface area contributed by atoms with Gasteiger partial charge in [-0.3, -0.25) is 15.1 Å². The summed E-state index contributed by atoms with van der Waals surface area (Å²) in [6.45, 7) is 0. The van der Waals surface area contributed by atoms with Crippen LogP contribution in [0.4, 0.5) is 0 Å². The molecule has 0 aliphatic heterocycles. The van der Waals surface area contributed by atoms with E-state index in [1.54, 1.807) is 25.7 Å². The van der Waals surface area contributed by atoms with Crippen molar-refractivity contribution in [2.45, 2.75) is 0 Å². The van der Waals surface area contributed by atoms with E-state index in [1.807, 2.05) is 54.6 Å². The quantitative estimate of drug-likeness (QED) is 0.431. The van der Waals surface area contributed by atoms with Crippen LogP contribution < -0.4 is 4.74 Å². The molecule has 6 rings (SSSR count). The summed E-state index contributed by atoms with van der Waals surface area (Å²) in [5, 5.41) is 7.55. The Hall–Kier alpha value is -4.59. The van der Waals surface area contributed by atoms with Crippen molar-refractivity contribution in [3.05, 3.63) is 73.2 Å². The summed E-state index contributed by atoms with van der Waals surface area (Å²) in [5.41, 5.74) is 7.42. The molecule has 8 nitrogen and oxygen atoms in total. The second-order valence-corrected chi connectivity index (χ2v) is 7.28. The number of hydrogen-bond donors (Lipinski definition) is 2. The van der Waals surface area contributed by atoms with Crippen molar-refractivity contribution < 1.29 is 4.74 Å². The molecule has 0 saturated heterocycles. The van der Waals surface area contributed by atoms with Gasteiger partial charge in [-0.05, 0) is 36.4 Å². The topological polar surface area (TPSA) is 105 Å². The minimum absolute atomic E-state index is 0.642. The van der Waals surface area contributed by atoms with E-state index in [-0.39, 0.29) is 0 Å². The maximum atomic E-state index is 5.29. The number of imidazole rings is 1. The fourth-order valence-electron chi connectivity index (χ4n) is 3.77. The Bertz CT molecular complexity index is 1570. The van der Waals surface area contributed by atoms with Crippen LogP contribution >= 0.6 is 0 Å². The van der Waals surface area contributed by atoms with Crippen LogP contribution in [0.5, 0.6) is 5.75 Å². The van der Waals surface area contributed by atoms with E-state index >= 15 is 0 Å². The number of ether oxygens (including phenoxy) is 1.